The quantitative estimate of drug-likeness (QED) is 0.887. The lowest BCUT2D eigenvalue weighted by molar-refractivity contribution is 0.305. The van der Waals surface area contributed by atoms with Gasteiger partial charge in [0.2, 0.25) is 0 Å². The number of nitriles is 1. The van der Waals surface area contributed by atoms with Crippen LogP contribution in [0.3, 0.4) is 0 Å². The Balaban J connectivity index is 1.93. The summed E-state index contributed by atoms with van der Waals surface area (Å²) >= 11 is 0. The summed E-state index contributed by atoms with van der Waals surface area (Å²) in [6, 6.07) is 7.37. The van der Waals surface area contributed by atoms with Crippen molar-refractivity contribution in [1.29, 1.82) is 5.26 Å². The van der Waals surface area contributed by atoms with Crippen LogP contribution in [0, 0.1) is 23.1 Å². The van der Waals surface area contributed by atoms with Crippen LogP contribution in [0.4, 0.5) is 4.39 Å². The van der Waals surface area contributed by atoms with Gasteiger partial charge < -0.3 is 5.32 Å². The Morgan fingerprint density at radius 3 is 2.72 bits per heavy atom. The summed E-state index contributed by atoms with van der Waals surface area (Å²) in [5.41, 5.74) is 0.722. The van der Waals surface area contributed by atoms with Crippen molar-refractivity contribution < 1.29 is 4.39 Å². The van der Waals surface area contributed by atoms with E-state index in [1.54, 1.807) is 12.1 Å². The lowest BCUT2D eigenvalue weighted by Gasteiger charge is -2.27. The van der Waals surface area contributed by atoms with Crippen LogP contribution in [0.25, 0.3) is 0 Å². The van der Waals surface area contributed by atoms with Gasteiger partial charge in [-0.05, 0) is 37.7 Å². The molecule has 0 amide bonds. The van der Waals surface area contributed by atoms with E-state index in [-0.39, 0.29) is 11.4 Å². The zero-order valence-electron chi connectivity index (χ0n) is 10.7. The second kappa shape index (κ2) is 5.97. The number of hydrogen-bond acceptors (Lipinski definition) is 2. The van der Waals surface area contributed by atoms with Crippen LogP contribution < -0.4 is 5.32 Å². The van der Waals surface area contributed by atoms with Gasteiger partial charge in [-0.15, -0.1) is 0 Å². The SMILES string of the molecule is CC1CCC(NCc2cccc(C#N)c2F)CC1. The van der Waals surface area contributed by atoms with Crippen LogP contribution in [0.15, 0.2) is 18.2 Å². The molecule has 1 aliphatic rings. The Morgan fingerprint density at radius 2 is 2.06 bits per heavy atom. The molecule has 0 saturated heterocycles. The zero-order valence-corrected chi connectivity index (χ0v) is 10.7. The lowest BCUT2D eigenvalue weighted by atomic mass is 9.87. The maximum absolute atomic E-state index is 13.8. The van der Waals surface area contributed by atoms with E-state index in [9.17, 15) is 4.39 Å². The Hall–Kier alpha value is -1.40. The van der Waals surface area contributed by atoms with Gasteiger partial charge in [-0.3, -0.25) is 0 Å². The molecule has 0 aliphatic heterocycles. The molecule has 1 N–H and O–H groups in total. The molecule has 3 heteroatoms. The topological polar surface area (TPSA) is 35.8 Å². The molecule has 1 aromatic rings. The fraction of sp³-hybridized carbons (Fsp3) is 0.533. The summed E-state index contributed by atoms with van der Waals surface area (Å²) in [5, 5.41) is 12.2. The van der Waals surface area contributed by atoms with Crippen molar-refractivity contribution in [3.8, 4) is 6.07 Å². The van der Waals surface area contributed by atoms with Crippen LogP contribution >= 0.6 is 0 Å². The molecule has 0 radical (unpaired) electrons. The molecule has 0 bridgehead atoms. The van der Waals surface area contributed by atoms with Crippen LogP contribution in [0.5, 0.6) is 0 Å². The second-order valence-corrected chi connectivity index (χ2v) is 5.23. The van der Waals surface area contributed by atoms with Crippen molar-refractivity contribution in [2.75, 3.05) is 0 Å². The Labute approximate surface area is 108 Å². The van der Waals surface area contributed by atoms with E-state index in [4.69, 9.17) is 5.26 Å². The highest BCUT2D eigenvalue weighted by molar-refractivity contribution is 5.34. The first-order valence-electron chi connectivity index (χ1n) is 6.61. The monoisotopic (exact) mass is 246 g/mol. The molecule has 0 atom stereocenters. The van der Waals surface area contributed by atoms with E-state index in [0.717, 1.165) is 5.92 Å². The summed E-state index contributed by atoms with van der Waals surface area (Å²) in [7, 11) is 0. The van der Waals surface area contributed by atoms with Gasteiger partial charge in [-0.2, -0.15) is 5.26 Å². The first-order valence-corrected chi connectivity index (χ1v) is 6.61. The first kappa shape index (κ1) is 13.0. The van der Waals surface area contributed by atoms with Gasteiger partial charge in [0.05, 0.1) is 5.56 Å². The highest BCUT2D eigenvalue weighted by atomic mass is 19.1. The number of hydrogen-bond donors (Lipinski definition) is 1. The van der Waals surface area contributed by atoms with Crippen molar-refractivity contribution in [3.05, 3.63) is 35.1 Å². The third-order valence-electron chi connectivity index (χ3n) is 3.80. The molecule has 0 heterocycles. The summed E-state index contributed by atoms with van der Waals surface area (Å²) < 4.78 is 13.8. The largest absolute Gasteiger partial charge is 0.310 e. The molecule has 0 spiro atoms. The van der Waals surface area contributed by atoms with Gasteiger partial charge in [0.25, 0.3) is 0 Å². The van der Waals surface area contributed by atoms with Gasteiger partial charge in [0.1, 0.15) is 11.9 Å². The number of halogens is 1. The molecule has 1 saturated carbocycles. The zero-order chi connectivity index (χ0) is 13.0. The molecule has 2 nitrogen and oxygen atoms in total. The number of nitrogens with one attached hydrogen (secondary N) is 1. The minimum absolute atomic E-state index is 0.131. The minimum atomic E-state index is -0.378. The normalized spacial score (nSPS) is 23.6. The molecule has 96 valence electrons. The lowest BCUT2D eigenvalue weighted by Crippen LogP contribution is -2.32. The Bertz CT molecular complexity index is 442. The maximum Gasteiger partial charge on any atom is 0.145 e. The summed E-state index contributed by atoms with van der Waals surface area (Å²) in [4.78, 5) is 0. The van der Waals surface area contributed by atoms with Gasteiger partial charge in [-0.1, -0.05) is 19.1 Å². The second-order valence-electron chi connectivity index (χ2n) is 5.23. The molecule has 0 aromatic heterocycles. The van der Waals surface area contributed by atoms with Crippen molar-refractivity contribution in [3.63, 3.8) is 0 Å². The Kier molecular flexibility index (Phi) is 4.33. The van der Waals surface area contributed by atoms with E-state index in [0.29, 0.717) is 18.2 Å². The molecular weight excluding hydrogens is 227 g/mol. The third kappa shape index (κ3) is 3.08. The van der Waals surface area contributed by atoms with E-state index in [1.165, 1.54) is 31.7 Å². The number of rotatable bonds is 3. The smallest absolute Gasteiger partial charge is 0.145 e. The fourth-order valence-electron chi connectivity index (χ4n) is 2.52. The van der Waals surface area contributed by atoms with Crippen LogP contribution in [-0.2, 0) is 6.54 Å². The van der Waals surface area contributed by atoms with E-state index in [1.807, 2.05) is 6.07 Å². The van der Waals surface area contributed by atoms with Crippen molar-refractivity contribution in [2.45, 2.75) is 45.2 Å². The van der Waals surface area contributed by atoms with E-state index < -0.39 is 0 Å². The molecule has 1 aliphatic carbocycles. The third-order valence-corrected chi connectivity index (χ3v) is 3.80. The first-order chi connectivity index (χ1) is 8.70. The van der Waals surface area contributed by atoms with Gasteiger partial charge in [0, 0.05) is 18.2 Å². The predicted octanol–water partition coefficient (Wildman–Crippen LogP) is 3.37. The average Bonchev–Trinajstić information content (AvgIpc) is 2.39. The van der Waals surface area contributed by atoms with Gasteiger partial charge in [-0.25, -0.2) is 4.39 Å². The Morgan fingerprint density at radius 1 is 1.33 bits per heavy atom. The van der Waals surface area contributed by atoms with Crippen molar-refractivity contribution in [1.82, 2.24) is 5.32 Å². The van der Waals surface area contributed by atoms with Crippen molar-refractivity contribution in [2.24, 2.45) is 5.92 Å². The average molecular weight is 246 g/mol. The van der Waals surface area contributed by atoms with Gasteiger partial charge >= 0.3 is 0 Å². The number of benzene rings is 1. The molecule has 18 heavy (non-hydrogen) atoms. The predicted molar refractivity (Wildman–Crippen MR) is 69.4 cm³/mol. The summed E-state index contributed by atoms with van der Waals surface area (Å²) in [6.07, 6.45) is 4.83. The molecule has 1 fully saturated rings. The highest BCUT2D eigenvalue weighted by Gasteiger charge is 2.18. The number of nitrogens with zero attached hydrogens (tertiary/aromatic N) is 1. The van der Waals surface area contributed by atoms with Gasteiger partial charge in [0.15, 0.2) is 0 Å². The summed E-state index contributed by atoms with van der Waals surface area (Å²) in [5.74, 6) is 0.443. The minimum Gasteiger partial charge on any atom is -0.310 e. The molecular formula is C15H19FN2. The summed E-state index contributed by atoms with van der Waals surface area (Å²) in [6.45, 7) is 2.80. The maximum atomic E-state index is 13.8. The van der Waals surface area contributed by atoms with Crippen LogP contribution in [0.1, 0.15) is 43.7 Å². The van der Waals surface area contributed by atoms with E-state index in [2.05, 4.69) is 12.2 Å². The van der Waals surface area contributed by atoms with Crippen LogP contribution in [0.2, 0.25) is 0 Å². The highest BCUT2D eigenvalue weighted by Crippen LogP contribution is 2.23. The van der Waals surface area contributed by atoms with E-state index >= 15 is 0 Å². The van der Waals surface area contributed by atoms with Crippen LogP contribution in [-0.4, -0.2) is 6.04 Å². The molecule has 0 unspecified atom stereocenters. The fourth-order valence-corrected chi connectivity index (χ4v) is 2.52. The molecule has 1 aromatic carbocycles. The molecule has 2 rings (SSSR count). The van der Waals surface area contributed by atoms with Crippen molar-refractivity contribution >= 4 is 0 Å². The standard InChI is InChI=1S/C15H19FN2/c1-11-5-7-14(8-6-11)18-10-13-4-2-3-12(9-17)15(13)16/h2-4,11,14,18H,5-8,10H2,1H3.